The van der Waals surface area contributed by atoms with Crippen LogP contribution >= 0.6 is 0 Å². The van der Waals surface area contributed by atoms with Gasteiger partial charge in [0.2, 0.25) is 5.91 Å². The molecule has 0 unspecified atom stereocenters. The Morgan fingerprint density at radius 2 is 1.78 bits per heavy atom. The quantitative estimate of drug-likeness (QED) is 0.745. The molecule has 0 radical (unpaired) electrons. The SMILES string of the molecule is C/C(=C\C(=O)NS(=O)(=O)c1ccccc1)C(N)=O. The number of carbonyl (C=O) groups excluding carboxylic acids is 2. The second-order valence-corrected chi connectivity index (χ2v) is 5.16. The van der Waals surface area contributed by atoms with Crippen molar-refractivity contribution in [3.05, 3.63) is 42.0 Å². The van der Waals surface area contributed by atoms with Crippen LogP contribution in [0, 0.1) is 0 Å². The molecule has 0 atom stereocenters. The summed E-state index contributed by atoms with van der Waals surface area (Å²) in [5.74, 6) is -1.71. The Hall–Kier alpha value is -2.15. The predicted molar refractivity (Wildman–Crippen MR) is 64.7 cm³/mol. The Morgan fingerprint density at radius 1 is 1.22 bits per heavy atom. The summed E-state index contributed by atoms with van der Waals surface area (Å²) in [4.78, 5) is 22.0. The first kappa shape index (κ1) is 13.9. The van der Waals surface area contributed by atoms with E-state index in [0.717, 1.165) is 6.08 Å². The zero-order valence-electron chi connectivity index (χ0n) is 9.58. The lowest BCUT2D eigenvalue weighted by Crippen LogP contribution is -2.29. The van der Waals surface area contributed by atoms with Gasteiger partial charge in [-0.15, -0.1) is 0 Å². The third-order valence-corrected chi connectivity index (χ3v) is 3.39. The Morgan fingerprint density at radius 3 is 2.28 bits per heavy atom. The van der Waals surface area contributed by atoms with E-state index in [-0.39, 0.29) is 10.5 Å². The van der Waals surface area contributed by atoms with E-state index in [1.165, 1.54) is 31.2 Å². The van der Waals surface area contributed by atoms with Gasteiger partial charge in [0.15, 0.2) is 0 Å². The summed E-state index contributed by atoms with van der Waals surface area (Å²) in [6.45, 7) is 1.32. The lowest BCUT2D eigenvalue weighted by molar-refractivity contribution is -0.117. The van der Waals surface area contributed by atoms with Crippen LogP contribution in [-0.4, -0.2) is 20.2 Å². The maximum Gasteiger partial charge on any atom is 0.264 e. The van der Waals surface area contributed by atoms with Gasteiger partial charge in [-0.05, 0) is 19.1 Å². The first-order chi connectivity index (χ1) is 8.33. The molecule has 0 heterocycles. The number of nitrogens with two attached hydrogens (primary N) is 1. The molecule has 0 spiro atoms. The number of carbonyl (C=O) groups is 2. The highest BCUT2D eigenvalue weighted by molar-refractivity contribution is 7.90. The molecule has 0 aliphatic carbocycles. The first-order valence-corrected chi connectivity index (χ1v) is 6.41. The van der Waals surface area contributed by atoms with Gasteiger partial charge in [0.25, 0.3) is 15.9 Å². The fourth-order valence-electron chi connectivity index (χ4n) is 1.09. The fourth-order valence-corrected chi connectivity index (χ4v) is 2.05. The molecule has 0 bridgehead atoms. The van der Waals surface area contributed by atoms with Crippen molar-refractivity contribution in [1.29, 1.82) is 0 Å². The van der Waals surface area contributed by atoms with Gasteiger partial charge < -0.3 is 5.73 Å². The van der Waals surface area contributed by atoms with E-state index in [9.17, 15) is 18.0 Å². The van der Waals surface area contributed by atoms with Crippen LogP contribution in [0.5, 0.6) is 0 Å². The maximum atomic E-state index is 11.7. The van der Waals surface area contributed by atoms with Crippen molar-refractivity contribution < 1.29 is 18.0 Å². The molecular formula is C11H12N2O4S. The van der Waals surface area contributed by atoms with Crippen molar-refractivity contribution in [3.63, 3.8) is 0 Å². The molecule has 1 rings (SSSR count). The molecule has 6 nitrogen and oxygen atoms in total. The molecule has 0 saturated carbocycles. The predicted octanol–water partition coefficient (Wildman–Crippen LogP) is -0.0769. The number of amides is 2. The van der Waals surface area contributed by atoms with E-state index in [2.05, 4.69) is 0 Å². The van der Waals surface area contributed by atoms with E-state index in [1.54, 1.807) is 6.07 Å². The summed E-state index contributed by atoms with van der Waals surface area (Å²) in [6, 6.07) is 7.41. The Kier molecular flexibility index (Phi) is 4.22. The maximum absolute atomic E-state index is 11.7. The topological polar surface area (TPSA) is 106 Å². The van der Waals surface area contributed by atoms with Crippen LogP contribution in [-0.2, 0) is 19.6 Å². The van der Waals surface area contributed by atoms with Gasteiger partial charge >= 0.3 is 0 Å². The van der Waals surface area contributed by atoms with Crippen LogP contribution in [0.25, 0.3) is 0 Å². The van der Waals surface area contributed by atoms with Crippen LogP contribution in [0.15, 0.2) is 46.9 Å². The molecule has 0 aliphatic rings. The van der Waals surface area contributed by atoms with Gasteiger partial charge in [0, 0.05) is 11.6 Å². The molecule has 96 valence electrons. The number of sulfonamides is 1. The molecule has 1 aromatic carbocycles. The average Bonchev–Trinajstić information content (AvgIpc) is 2.29. The second-order valence-electron chi connectivity index (χ2n) is 3.47. The summed E-state index contributed by atoms with van der Waals surface area (Å²) in [5, 5.41) is 0. The lowest BCUT2D eigenvalue weighted by Gasteiger charge is -2.04. The summed E-state index contributed by atoms with van der Waals surface area (Å²) in [5.41, 5.74) is 4.89. The standard InChI is InChI=1S/C11H12N2O4S/c1-8(11(12)15)7-10(14)13-18(16,17)9-5-3-2-4-6-9/h2-7H,1H3,(H2,12,15)(H,13,14)/b8-7+. The smallest absolute Gasteiger partial charge is 0.264 e. The normalized spacial score (nSPS) is 11.9. The van der Waals surface area contributed by atoms with Crippen molar-refractivity contribution in [2.75, 3.05) is 0 Å². The van der Waals surface area contributed by atoms with Crippen LogP contribution in [0.3, 0.4) is 0 Å². The third-order valence-electron chi connectivity index (χ3n) is 2.02. The van der Waals surface area contributed by atoms with Crippen LogP contribution in [0.4, 0.5) is 0 Å². The average molecular weight is 268 g/mol. The Balaban J connectivity index is 2.89. The highest BCUT2D eigenvalue weighted by Crippen LogP contribution is 2.07. The number of rotatable bonds is 4. The Bertz CT molecular complexity index is 591. The van der Waals surface area contributed by atoms with Crippen molar-refractivity contribution in [1.82, 2.24) is 4.72 Å². The van der Waals surface area contributed by atoms with Crippen LogP contribution < -0.4 is 10.5 Å². The molecule has 0 aromatic heterocycles. The lowest BCUT2D eigenvalue weighted by atomic mass is 10.3. The van der Waals surface area contributed by atoms with Crippen molar-refractivity contribution in [2.45, 2.75) is 11.8 Å². The zero-order chi connectivity index (χ0) is 13.8. The van der Waals surface area contributed by atoms with Crippen LogP contribution in [0.2, 0.25) is 0 Å². The number of primary amides is 1. The molecule has 0 aliphatic heterocycles. The molecule has 3 N–H and O–H groups in total. The van der Waals surface area contributed by atoms with Gasteiger partial charge in [0.05, 0.1) is 4.90 Å². The van der Waals surface area contributed by atoms with Gasteiger partial charge in [-0.25, -0.2) is 13.1 Å². The van der Waals surface area contributed by atoms with Crippen LogP contribution in [0.1, 0.15) is 6.92 Å². The van der Waals surface area contributed by atoms with Gasteiger partial charge in [-0.2, -0.15) is 0 Å². The van der Waals surface area contributed by atoms with E-state index in [1.807, 2.05) is 4.72 Å². The molecular weight excluding hydrogens is 256 g/mol. The molecule has 7 heteroatoms. The molecule has 0 saturated heterocycles. The number of hydrogen-bond donors (Lipinski definition) is 2. The molecule has 18 heavy (non-hydrogen) atoms. The van der Waals surface area contributed by atoms with E-state index >= 15 is 0 Å². The highest BCUT2D eigenvalue weighted by Gasteiger charge is 2.16. The van der Waals surface area contributed by atoms with Gasteiger partial charge in [-0.3, -0.25) is 9.59 Å². The first-order valence-electron chi connectivity index (χ1n) is 4.93. The minimum atomic E-state index is -3.93. The molecule has 0 fully saturated rings. The zero-order valence-corrected chi connectivity index (χ0v) is 10.4. The minimum absolute atomic E-state index is 0.0317. The Labute approximate surface area is 105 Å². The monoisotopic (exact) mass is 268 g/mol. The summed E-state index contributed by atoms with van der Waals surface area (Å²) >= 11 is 0. The summed E-state index contributed by atoms with van der Waals surface area (Å²) in [6.07, 6.45) is 0.836. The number of nitrogens with one attached hydrogen (secondary N) is 1. The van der Waals surface area contributed by atoms with E-state index in [0.29, 0.717) is 0 Å². The van der Waals surface area contributed by atoms with Crippen molar-refractivity contribution >= 4 is 21.8 Å². The van der Waals surface area contributed by atoms with Gasteiger partial charge in [0.1, 0.15) is 0 Å². The summed E-state index contributed by atoms with van der Waals surface area (Å²) < 4.78 is 25.2. The second kappa shape index (κ2) is 5.46. The molecule has 2 amide bonds. The van der Waals surface area contributed by atoms with E-state index < -0.39 is 21.8 Å². The number of benzene rings is 1. The van der Waals surface area contributed by atoms with Crippen molar-refractivity contribution in [3.8, 4) is 0 Å². The third kappa shape index (κ3) is 3.70. The van der Waals surface area contributed by atoms with E-state index in [4.69, 9.17) is 5.73 Å². The summed E-state index contributed by atoms with van der Waals surface area (Å²) in [7, 11) is -3.93. The molecule has 1 aromatic rings. The highest BCUT2D eigenvalue weighted by atomic mass is 32.2. The largest absolute Gasteiger partial charge is 0.366 e. The fraction of sp³-hybridized carbons (Fsp3) is 0.0909. The van der Waals surface area contributed by atoms with Crippen molar-refractivity contribution in [2.24, 2.45) is 5.73 Å². The number of hydrogen-bond acceptors (Lipinski definition) is 4. The minimum Gasteiger partial charge on any atom is -0.366 e. The van der Waals surface area contributed by atoms with Gasteiger partial charge in [-0.1, -0.05) is 18.2 Å².